The Morgan fingerprint density at radius 1 is 1.20 bits per heavy atom. The van der Waals surface area contributed by atoms with Gasteiger partial charge in [-0.3, -0.25) is 10.2 Å². The molecule has 1 amide bonds. The highest BCUT2D eigenvalue weighted by molar-refractivity contribution is 7.90. The Bertz CT molecular complexity index is 1490. The molecule has 1 fully saturated rings. The van der Waals surface area contributed by atoms with Gasteiger partial charge in [0.1, 0.15) is 32.7 Å². The number of anilines is 1. The van der Waals surface area contributed by atoms with Crippen LogP contribution < -0.4 is 16.0 Å². The predicted octanol–water partition coefficient (Wildman–Crippen LogP) is 3.24. The van der Waals surface area contributed by atoms with Crippen LogP contribution in [0.2, 0.25) is 0 Å². The molecule has 0 unspecified atom stereocenters. The van der Waals surface area contributed by atoms with Crippen molar-refractivity contribution in [3.05, 3.63) is 65.7 Å². The van der Waals surface area contributed by atoms with Gasteiger partial charge in [-0.15, -0.1) is 0 Å². The van der Waals surface area contributed by atoms with E-state index in [4.69, 9.17) is 10.8 Å². The first-order chi connectivity index (χ1) is 19.1. The van der Waals surface area contributed by atoms with Gasteiger partial charge < -0.3 is 26.5 Å². The number of aliphatic hydroxyl groups excluding tert-OH is 1. The van der Waals surface area contributed by atoms with Crippen LogP contribution in [0.25, 0.3) is 11.1 Å². The molecule has 1 aromatic carbocycles. The summed E-state index contributed by atoms with van der Waals surface area (Å²) in [6.07, 6.45) is 0.990. The van der Waals surface area contributed by atoms with Crippen molar-refractivity contribution in [2.75, 3.05) is 23.9 Å². The largest absolute Gasteiger partial charge is 0.511 e. The number of aliphatic hydroxyl groups is 1. The number of allylic oxidation sites excluding steroid dienone is 2. The van der Waals surface area contributed by atoms with Crippen LogP contribution >= 0.6 is 0 Å². The first-order valence-corrected chi connectivity index (χ1v) is 14.1. The summed E-state index contributed by atoms with van der Waals surface area (Å²) in [6, 6.07) is 3.97. The molecule has 1 saturated carbocycles. The minimum absolute atomic E-state index is 0.0375. The fourth-order valence-electron chi connectivity index (χ4n) is 3.57. The number of amidine groups is 1. The van der Waals surface area contributed by atoms with Gasteiger partial charge in [0.05, 0.1) is 17.9 Å². The second-order valence-corrected chi connectivity index (χ2v) is 11.6. The maximum Gasteiger partial charge on any atom is 0.401 e. The smallest absolute Gasteiger partial charge is 0.401 e. The van der Waals surface area contributed by atoms with E-state index < -0.39 is 51.2 Å². The lowest BCUT2D eigenvalue weighted by atomic mass is 10.0. The number of halogens is 4. The molecule has 0 bridgehead atoms. The second-order valence-electron chi connectivity index (χ2n) is 9.30. The zero-order valence-electron chi connectivity index (χ0n) is 21.6. The van der Waals surface area contributed by atoms with Crippen molar-refractivity contribution in [2.24, 2.45) is 5.41 Å². The number of hydrogen-bond donors (Lipinski definition) is 6. The Kier molecular flexibility index (Phi) is 9.47. The third-order valence-electron chi connectivity index (χ3n) is 6.01. The quantitative estimate of drug-likeness (QED) is 0.0709. The summed E-state index contributed by atoms with van der Waals surface area (Å²) < 4.78 is 76.3. The number of carbonyl (C=O) groups excluding carboxylic acids is 1. The van der Waals surface area contributed by atoms with Gasteiger partial charge in [-0.2, -0.15) is 13.2 Å². The van der Waals surface area contributed by atoms with E-state index in [-0.39, 0.29) is 42.3 Å². The first kappa shape index (κ1) is 31.2. The van der Waals surface area contributed by atoms with Crippen LogP contribution in [-0.4, -0.2) is 66.2 Å². The zero-order chi connectivity index (χ0) is 30.4. The Balaban J connectivity index is 1.58. The van der Waals surface area contributed by atoms with Crippen LogP contribution in [0, 0.1) is 22.1 Å². The number of amides is 1. The minimum Gasteiger partial charge on any atom is -0.511 e. The van der Waals surface area contributed by atoms with Crippen LogP contribution in [0.5, 0.6) is 0 Å². The van der Waals surface area contributed by atoms with E-state index >= 15 is 0 Å². The average Bonchev–Trinajstić information content (AvgIpc) is 3.69. The third-order valence-corrected chi connectivity index (χ3v) is 6.96. The number of sulfone groups is 1. The molecule has 2 aromatic rings. The summed E-state index contributed by atoms with van der Waals surface area (Å²) in [6.45, 7) is 0.145. The van der Waals surface area contributed by atoms with Crippen LogP contribution in [0.1, 0.15) is 18.4 Å². The standard InChI is InChI=1S/C25H27F4N7O4S/c1-41(39,40)7-6-32-14-18(11-30)35-23-33-12-17(13-34-23)15-2-3-16(19(26)8-15)9-22(38)36-21(31)10-20(37)24(4-5-24)25(27,28)29/h2-3,8,10-14,30,32,37H,4-7,9H2,1H3,(H2,31,36,38)(H,33,34,35)/b18-14+,20-10-,30-11?. The lowest BCUT2D eigenvalue weighted by Gasteiger charge is -2.18. The van der Waals surface area contributed by atoms with Crippen molar-refractivity contribution in [2.45, 2.75) is 25.4 Å². The maximum absolute atomic E-state index is 14.7. The fourth-order valence-corrected chi connectivity index (χ4v) is 4.06. The molecule has 6 N–H and O–H groups in total. The summed E-state index contributed by atoms with van der Waals surface area (Å²) in [5.41, 5.74) is -1.36. The normalized spacial score (nSPS) is 15.1. The summed E-state index contributed by atoms with van der Waals surface area (Å²) in [7, 11) is -3.14. The average molecular weight is 598 g/mol. The lowest BCUT2D eigenvalue weighted by molar-refractivity contribution is -0.182. The fraction of sp³-hybridized carbons (Fsp3) is 0.320. The number of nitrogens with one attached hydrogen (secondary N) is 5. The third kappa shape index (κ3) is 8.57. The van der Waals surface area contributed by atoms with Gasteiger partial charge in [-0.05, 0) is 30.0 Å². The van der Waals surface area contributed by atoms with Crippen LogP contribution in [0.4, 0.5) is 23.5 Å². The summed E-state index contributed by atoms with van der Waals surface area (Å²) in [4.78, 5) is 20.4. The Morgan fingerprint density at radius 2 is 1.85 bits per heavy atom. The van der Waals surface area contributed by atoms with E-state index in [1.165, 1.54) is 30.7 Å². The molecule has 0 aliphatic heterocycles. The number of benzene rings is 1. The molecular formula is C25H27F4N7O4S. The highest BCUT2D eigenvalue weighted by Gasteiger charge is 2.66. The van der Waals surface area contributed by atoms with E-state index in [2.05, 4.69) is 20.6 Å². The molecule has 220 valence electrons. The highest BCUT2D eigenvalue weighted by Crippen LogP contribution is 2.61. The van der Waals surface area contributed by atoms with E-state index in [0.717, 1.165) is 18.5 Å². The molecule has 0 saturated heterocycles. The number of carbonyl (C=O) groups is 1. The van der Waals surface area contributed by atoms with Gasteiger partial charge in [0, 0.05) is 49.2 Å². The van der Waals surface area contributed by atoms with E-state index in [9.17, 15) is 35.9 Å². The second kappa shape index (κ2) is 12.4. The summed E-state index contributed by atoms with van der Waals surface area (Å²) >= 11 is 0. The van der Waals surface area contributed by atoms with Gasteiger partial charge in [0.2, 0.25) is 11.9 Å². The molecule has 0 spiro atoms. The van der Waals surface area contributed by atoms with Gasteiger partial charge in [0.25, 0.3) is 0 Å². The molecular weight excluding hydrogens is 570 g/mol. The topological polar surface area (TPSA) is 181 Å². The number of hydrogen-bond acceptors (Lipinski definition) is 10. The monoisotopic (exact) mass is 597 g/mol. The van der Waals surface area contributed by atoms with Crippen molar-refractivity contribution in [1.29, 1.82) is 10.8 Å². The summed E-state index contributed by atoms with van der Waals surface area (Å²) in [5, 5.41) is 32.5. The summed E-state index contributed by atoms with van der Waals surface area (Å²) in [5.74, 6) is -3.39. The maximum atomic E-state index is 14.7. The van der Waals surface area contributed by atoms with Crippen molar-refractivity contribution >= 4 is 33.7 Å². The van der Waals surface area contributed by atoms with Crippen molar-refractivity contribution in [3.8, 4) is 11.1 Å². The number of alkyl halides is 3. The molecule has 1 heterocycles. The van der Waals surface area contributed by atoms with Crippen molar-refractivity contribution in [3.63, 3.8) is 0 Å². The molecule has 11 nitrogen and oxygen atoms in total. The van der Waals surface area contributed by atoms with Crippen molar-refractivity contribution < 1.29 is 35.9 Å². The van der Waals surface area contributed by atoms with Gasteiger partial charge in [0.15, 0.2) is 0 Å². The van der Waals surface area contributed by atoms with Gasteiger partial charge >= 0.3 is 6.18 Å². The molecule has 0 radical (unpaired) electrons. The molecule has 1 aromatic heterocycles. The van der Waals surface area contributed by atoms with Crippen molar-refractivity contribution in [1.82, 2.24) is 20.6 Å². The van der Waals surface area contributed by atoms with Crippen LogP contribution in [-0.2, 0) is 21.1 Å². The first-order valence-electron chi connectivity index (χ1n) is 12.0. The minimum atomic E-state index is -4.68. The lowest BCUT2D eigenvalue weighted by Crippen LogP contribution is -2.32. The number of aromatic nitrogens is 2. The molecule has 0 atom stereocenters. The van der Waals surface area contributed by atoms with Crippen LogP contribution in [0.15, 0.2) is 54.3 Å². The Hall–Kier alpha value is -4.34. The molecule has 16 heteroatoms. The molecule has 41 heavy (non-hydrogen) atoms. The Labute approximate surface area is 232 Å². The van der Waals surface area contributed by atoms with E-state index in [1.807, 2.05) is 5.32 Å². The van der Waals surface area contributed by atoms with Gasteiger partial charge in [-0.25, -0.2) is 22.8 Å². The Morgan fingerprint density at radius 3 is 2.39 bits per heavy atom. The molecule has 3 rings (SSSR count). The van der Waals surface area contributed by atoms with Crippen LogP contribution in [0.3, 0.4) is 0 Å². The highest BCUT2D eigenvalue weighted by atomic mass is 32.2. The molecule has 1 aliphatic carbocycles. The SMILES string of the molecule is CS(=O)(=O)CCN/C=C(\C=N)Nc1ncc(-c2ccc(CC(=O)NC(=N)/C=C(\O)C3(C(F)(F)F)CC3)c(F)c2)cn1. The molecule has 1 aliphatic rings. The predicted molar refractivity (Wildman–Crippen MR) is 144 cm³/mol. The zero-order valence-corrected chi connectivity index (χ0v) is 22.5. The van der Waals surface area contributed by atoms with Gasteiger partial charge in [-0.1, -0.05) is 12.1 Å². The van der Waals surface area contributed by atoms with E-state index in [0.29, 0.717) is 17.2 Å². The number of nitrogens with zero attached hydrogens (tertiary/aromatic N) is 2. The number of rotatable bonds is 12. The van der Waals surface area contributed by atoms with E-state index in [1.54, 1.807) is 0 Å².